The fourth-order valence-electron chi connectivity index (χ4n) is 2.55. The highest BCUT2D eigenvalue weighted by Crippen LogP contribution is 2.40. The van der Waals surface area contributed by atoms with Gasteiger partial charge in [-0.15, -0.1) is 0 Å². The van der Waals surface area contributed by atoms with Crippen molar-refractivity contribution in [2.75, 3.05) is 24.3 Å². The number of nitrogens with two attached hydrogens (primary N) is 1. The third-order valence-corrected chi connectivity index (χ3v) is 3.53. The lowest BCUT2D eigenvalue weighted by molar-refractivity contribution is 0.387. The number of rotatable bonds is 2. The van der Waals surface area contributed by atoms with Crippen LogP contribution in [-0.4, -0.2) is 13.7 Å². The van der Waals surface area contributed by atoms with Gasteiger partial charge in [0.25, 0.3) is 0 Å². The highest BCUT2D eigenvalue weighted by molar-refractivity contribution is 5.79. The van der Waals surface area contributed by atoms with Crippen LogP contribution in [0.25, 0.3) is 0 Å². The van der Waals surface area contributed by atoms with Crippen molar-refractivity contribution in [1.29, 1.82) is 0 Å². The summed E-state index contributed by atoms with van der Waals surface area (Å²) in [6, 6.07) is 7.45. The number of fused-ring (bicyclic) bond motifs is 1. The molecule has 2 aromatic rings. The SMILES string of the molecule is COc1cc(N2CCc3ccc(F)cc32)c(N)cc1F. The van der Waals surface area contributed by atoms with Gasteiger partial charge in [-0.1, -0.05) is 6.07 Å². The zero-order valence-electron chi connectivity index (χ0n) is 11.0. The maximum Gasteiger partial charge on any atom is 0.167 e. The first-order valence-corrected chi connectivity index (χ1v) is 6.29. The topological polar surface area (TPSA) is 38.5 Å². The van der Waals surface area contributed by atoms with Crippen LogP contribution in [0.3, 0.4) is 0 Å². The molecule has 0 saturated heterocycles. The average Bonchev–Trinajstić information content (AvgIpc) is 2.82. The number of halogens is 2. The Morgan fingerprint density at radius 1 is 1.15 bits per heavy atom. The summed E-state index contributed by atoms with van der Waals surface area (Å²) in [5.74, 6) is -0.685. The largest absolute Gasteiger partial charge is 0.494 e. The van der Waals surface area contributed by atoms with Crippen molar-refractivity contribution in [3.05, 3.63) is 47.5 Å². The molecule has 0 radical (unpaired) electrons. The van der Waals surface area contributed by atoms with Crippen molar-refractivity contribution in [1.82, 2.24) is 0 Å². The smallest absolute Gasteiger partial charge is 0.167 e. The fraction of sp³-hybridized carbons (Fsp3) is 0.200. The number of ether oxygens (including phenoxy) is 1. The molecule has 20 heavy (non-hydrogen) atoms. The number of methoxy groups -OCH3 is 1. The quantitative estimate of drug-likeness (QED) is 0.856. The van der Waals surface area contributed by atoms with Crippen molar-refractivity contribution >= 4 is 17.1 Å². The fourth-order valence-corrected chi connectivity index (χ4v) is 2.55. The summed E-state index contributed by atoms with van der Waals surface area (Å²) in [6.07, 6.45) is 0.800. The van der Waals surface area contributed by atoms with Crippen molar-refractivity contribution in [2.45, 2.75) is 6.42 Å². The molecule has 2 N–H and O–H groups in total. The molecule has 0 unspecified atom stereocenters. The molecule has 0 aliphatic carbocycles. The lowest BCUT2D eigenvalue weighted by atomic mass is 10.1. The van der Waals surface area contributed by atoms with Gasteiger partial charge in [0.15, 0.2) is 11.6 Å². The van der Waals surface area contributed by atoms with E-state index in [0.717, 1.165) is 17.7 Å². The summed E-state index contributed by atoms with van der Waals surface area (Å²) in [7, 11) is 1.40. The second-order valence-corrected chi connectivity index (χ2v) is 4.72. The van der Waals surface area contributed by atoms with Crippen LogP contribution in [0.2, 0.25) is 0 Å². The standard InChI is InChI=1S/C15H14F2N2O/c1-20-15-8-14(12(18)7-11(15)17)19-5-4-9-2-3-10(16)6-13(9)19/h2-3,6-8H,4-5,18H2,1H3. The third kappa shape index (κ3) is 1.95. The molecule has 0 aromatic heterocycles. The van der Waals surface area contributed by atoms with Crippen molar-refractivity contribution in [3.63, 3.8) is 0 Å². The molecule has 1 aliphatic rings. The zero-order chi connectivity index (χ0) is 14.3. The number of nitrogen functional groups attached to an aromatic ring is 1. The minimum atomic E-state index is -0.507. The molecule has 1 heterocycles. The van der Waals surface area contributed by atoms with Gasteiger partial charge in [-0.05, 0) is 24.1 Å². The van der Waals surface area contributed by atoms with Crippen LogP contribution in [0.4, 0.5) is 25.8 Å². The maximum atomic E-state index is 13.6. The van der Waals surface area contributed by atoms with Crippen LogP contribution in [-0.2, 0) is 6.42 Å². The van der Waals surface area contributed by atoms with Crippen LogP contribution in [0.1, 0.15) is 5.56 Å². The Morgan fingerprint density at radius 3 is 2.70 bits per heavy atom. The molecule has 5 heteroatoms. The average molecular weight is 276 g/mol. The first-order valence-electron chi connectivity index (χ1n) is 6.29. The summed E-state index contributed by atoms with van der Waals surface area (Å²) >= 11 is 0. The Hall–Kier alpha value is -2.30. The highest BCUT2D eigenvalue weighted by atomic mass is 19.1. The minimum Gasteiger partial charge on any atom is -0.494 e. The van der Waals surface area contributed by atoms with Crippen LogP contribution in [0, 0.1) is 11.6 Å². The van der Waals surface area contributed by atoms with Gasteiger partial charge >= 0.3 is 0 Å². The van der Waals surface area contributed by atoms with Crippen LogP contribution < -0.4 is 15.4 Å². The maximum absolute atomic E-state index is 13.6. The molecule has 1 aliphatic heterocycles. The van der Waals surface area contributed by atoms with Crippen LogP contribution in [0.5, 0.6) is 5.75 Å². The normalized spacial score (nSPS) is 13.4. The lowest BCUT2D eigenvalue weighted by Gasteiger charge is -2.22. The van der Waals surface area contributed by atoms with Gasteiger partial charge in [0.2, 0.25) is 0 Å². The van der Waals surface area contributed by atoms with E-state index in [9.17, 15) is 8.78 Å². The summed E-state index contributed by atoms with van der Waals surface area (Å²) in [5.41, 5.74) is 8.65. The molecule has 0 atom stereocenters. The molecular formula is C15H14F2N2O. The summed E-state index contributed by atoms with van der Waals surface area (Å²) < 4.78 is 32.0. The lowest BCUT2D eigenvalue weighted by Crippen LogP contribution is -2.15. The number of hydrogen-bond donors (Lipinski definition) is 1. The molecule has 0 bridgehead atoms. The third-order valence-electron chi connectivity index (χ3n) is 3.53. The first-order chi connectivity index (χ1) is 9.60. The van der Waals surface area contributed by atoms with Gasteiger partial charge in [-0.25, -0.2) is 8.78 Å². The van der Waals surface area contributed by atoms with E-state index in [1.54, 1.807) is 12.1 Å². The van der Waals surface area contributed by atoms with Crippen LogP contribution >= 0.6 is 0 Å². The molecule has 0 saturated carbocycles. The van der Waals surface area contributed by atoms with Crippen LogP contribution in [0.15, 0.2) is 30.3 Å². The monoisotopic (exact) mass is 276 g/mol. The number of anilines is 3. The minimum absolute atomic E-state index is 0.124. The predicted octanol–water partition coefficient (Wildman–Crippen LogP) is 3.25. The second kappa shape index (κ2) is 4.67. The van der Waals surface area contributed by atoms with E-state index in [-0.39, 0.29) is 11.6 Å². The molecule has 3 rings (SSSR count). The van der Waals surface area contributed by atoms with E-state index in [0.29, 0.717) is 17.9 Å². The molecule has 2 aromatic carbocycles. The predicted molar refractivity (Wildman–Crippen MR) is 74.5 cm³/mol. The summed E-state index contributed by atoms with van der Waals surface area (Å²) in [6.45, 7) is 0.678. The Labute approximate surface area is 115 Å². The summed E-state index contributed by atoms with van der Waals surface area (Å²) in [5, 5.41) is 0. The Balaban J connectivity index is 2.10. The van der Waals surface area contributed by atoms with Gasteiger partial charge in [-0.3, -0.25) is 0 Å². The Morgan fingerprint density at radius 2 is 1.95 bits per heavy atom. The second-order valence-electron chi connectivity index (χ2n) is 4.72. The molecule has 0 amide bonds. The number of hydrogen-bond acceptors (Lipinski definition) is 3. The van der Waals surface area contributed by atoms with Crippen molar-refractivity contribution in [2.24, 2.45) is 0 Å². The van der Waals surface area contributed by atoms with E-state index in [1.165, 1.54) is 25.3 Å². The molecule has 0 spiro atoms. The molecule has 104 valence electrons. The molecule has 0 fully saturated rings. The van der Waals surface area contributed by atoms with Gasteiger partial charge in [0.1, 0.15) is 5.82 Å². The van der Waals surface area contributed by atoms with Gasteiger partial charge in [-0.2, -0.15) is 0 Å². The first kappa shape index (κ1) is 12.7. The Bertz CT molecular complexity index is 673. The van der Waals surface area contributed by atoms with E-state index in [4.69, 9.17) is 10.5 Å². The van der Waals surface area contributed by atoms with Gasteiger partial charge in [0.05, 0.1) is 18.5 Å². The van der Waals surface area contributed by atoms with Gasteiger partial charge < -0.3 is 15.4 Å². The number of benzene rings is 2. The number of nitrogens with zero attached hydrogens (tertiary/aromatic N) is 1. The van der Waals surface area contributed by atoms with E-state index >= 15 is 0 Å². The van der Waals surface area contributed by atoms with Crippen molar-refractivity contribution in [3.8, 4) is 5.75 Å². The molecule has 3 nitrogen and oxygen atoms in total. The van der Waals surface area contributed by atoms with E-state index in [1.807, 2.05) is 4.90 Å². The highest BCUT2D eigenvalue weighted by Gasteiger charge is 2.23. The Kier molecular flexibility index (Phi) is 2.97. The van der Waals surface area contributed by atoms with Crippen molar-refractivity contribution < 1.29 is 13.5 Å². The van der Waals surface area contributed by atoms with E-state index in [2.05, 4.69) is 0 Å². The van der Waals surface area contributed by atoms with Gasteiger partial charge in [0, 0.05) is 24.4 Å². The van der Waals surface area contributed by atoms with E-state index < -0.39 is 5.82 Å². The zero-order valence-corrected chi connectivity index (χ0v) is 11.0. The molecular weight excluding hydrogens is 262 g/mol. The summed E-state index contributed by atoms with van der Waals surface area (Å²) in [4.78, 5) is 1.88.